The molecule has 0 saturated heterocycles. The van der Waals surface area contributed by atoms with Crippen LogP contribution < -0.4 is 16.0 Å². The maximum Gasteiger partial charge on any atom is 0.296 e. The van der Waals surface area contributed by atoms with Crippen molar-refractivity contribution in [1.82, 2.24) is 15.0 Å². The van der Waals surface area contributed by atoms with Gasteiger partial charge in [0.2, 0.25) is 11.9 Å². The van der Waals surface area contributed by atoms with E-state index in [9.17, 15) is 46.1 Å². The number of benzene rings is 3. The lowest BCUT2D eigenvalue weighted by Crippen LogP contribution is -2.31. The van der Waals surface area contributed by atoms with E-state index in [4.69, 9.17) is 5.73 Å². The Morgan fingerprint density at radius 3 is 2.22 bits per heavy atom. The van der Waals surface area contributed by atoms with Crippen molar-refractivity contribution in [3.63, 3.8) is 0 Å². The Bertz CT molecular complexity index is 2030. The minimum atomic E-state index is -5.15. The van der Waals surface area contributed by atoms with Crippen molar-refractivity contribution < 1.29 is 46.1 Å². The van der Waals surface area contributed by atoms with E-state index in [1.807, 2.05) is 0 Å². The highest BCUT2D eigenvalue weighted by atomic mass is 32.2. The molecule has 1 aromatic heterocycles. The van der Waals surface area contributed by atoms with E-state index < -0.39 is 47.4 Å². The molecule has 0 aliphatic heterocycles. The van der Waals surface area contributed by atoms with Gasteiger partial charge in [0.25, 0.3) is 26.1 Å². The van der Waals surface area contributed by atoms with E-state index in [1.54, 1.807) is 0 Å². The van der Waals surface area contributed by atoms with Crippen molar-refractivity contribution >= 4 is 65.9 Å². The Kier molecular flexibility index (Phi) is 9.56. The largest absolute Gasteiger partial charge is 0.505 e. The third kappa shape index (κ3) is 7.45. The number of anilines is 3. The number of phenols is 1. The lowest BCUT2D eigenvalue weighted by Gasteiger charge is -2.21. The zero-order chi connectivity index (χ0) is 33.1. The van der Waals surface area contributed by atoms with Crippen LogP contribution in [-0.2, 0) is 20.2 Å². The highest BCUT2D eigenvalue weighted by molar-refractivity contribution is 7.86. The molecule has 0 radical (unpaired) electrons. The number of aromatic hydroxyl groups is 1. The Morgan fingerprint density at radius 2 is 1.62 bits per heavy atom. The van der Waals surface area contributed by atoms with Crippen molar-refractivity contribution in [1.29, 1.82) is 0 Å². The average molecular weight is 663 g/mol. The minimum Gasteiger partial charge on any atom is -0.505 e. The van der Waals surface area contributed by atoms with Crippen LogP contribution in [0, 0.1) is 6.92 Å². The first-order valence-corrected chi connectivity index (χ1v) is 15.6. The molecule has 0 atom stereocenters. The van der Waals surface area contributed by atoms with Gasteiger partial charge in [-0.05, 0) is 42.6 Å². The van der Waals surface area contributed by atoms with Crippen molar-refractivity contribution in [2.75, 3.05) is 36.5 Å². The van der Waals surface area contributed by atoms with Crippen LogP contribution in [0.15, 0.2) is 62.5 Å². The molecule has 0 aliphatic carbocycles. The lowest BCUT2D eigenvalue weighted by atomic mass is 10.1. The fourth-order valence-corrected chi connectivity index (χ4v) is 5.41. The maximum atomic E-state index is 12.4. The zero-order valence-electron chi connectivity index (χ0n) is 23.2. The topological polar surface area (TPSA) is 291 Å². The van der Waals surface area contributed by atoms with Gasteiger partial charge in [0, 0.05) is 18.5 Å². The highest BCUT2D eigenvalue weighted by Gasteiger charge is 2.26. The van der Waals surface area contributed by atoms with Gasteiger partial charge in [0.1, 0.15) is 16.4 Å². The highest BCUT2D eigenvalue weighted by Crippen LogP contribution is 2.45. The molecule has 1 heterocycles. The fourth-order valence-electron chi connectivity index (χ4n) is 4.21. The van der Waals surface area contributed by atoms with Gasteiger partial charge in [-0.3, -0.25) is 13.9 Å². The van der Waals surface area contributed by atoms with Crippen LogP contribution in [0.3, 0.4) is 0 Å². The summed E-state index contributed by atoms with van der Waals surface area (Å²) in [5.74, 6) is -1.85. The van der Waals surface area contributed by atoms with E-state index in [2.05, 4.69) is 30.5 Å². The molecule has 4 rings (SSSR count). The van der Waals surface area contributed by atoms with E-state index >= 15 is 0 Å². The van der Waals surface area contributed by atoms with Gasteiger partial charge in [-0.25, -0.2) is 0 Å². The molecule has 0 unspecified atom stereocenters. The van der Waals surface area contributed by atoms with Crippen LogP contribution in [0.2, 0.25) is 0 Å². The molecule has 4 aromatic rings. The predicted octanol–water partition coefficient (Wildman–Crippen LogP) is 1.58. The summed E-state index contributed by atoms with van der Waals surface area (Å²) in [5.41, 5.74) is 4.09. The molecule has 238 valence electrons. The number of nitrogens with one attached hydrogen (secondary N) is 1. The molecule has 0 spiro atoms. The molecule has 0 fully saturated rings. The summed E-state index contributed by atoms with van der Waals surface area (Å²) < 4.78 is 68.7. The summed E-state index contributed by atoms with van der Waals surface area (Å²) in [6, 6.07) is 8.14. The monoisotopic (exact) mass is 662 g/mol. The fraction of sp³-hybridized carbons (Fsp3) is 0.200. The third-order valence-electron chi connectivity index (χ3n) is 6.13. The van der Waals surface area contributed by atoms with Crippen molar-refractivity contribution in [3.05, 3.63) is 53.9 Å². The number of nitrogens with zero attached hydrogens (tertiary/aromatic N) is 6. The number of rotatable bonds is 12. The molecule has 1 amide bonds. The number of aryl methyl sites for hydroxylation is 1. The summed E-state index contributed by atoms with van der Waals surface area (Å²) >= 11 is 0. The Hall–Kier alpha value is -4.86. The summed E-state index contributed by atoms with van der Waals surface area (Å²) in [6.07, 6.45) is 0. The van der Waals surface area contributed by atoms with Gasteiger partial charge in [-0.15, -0.1) is 10.2 Å². The number of nitrogens with two attached hydrogens (primary N) is 1. The van der Waals surface area contributed by atoms with Crippen molar-refractivity contribution in [2.45, 2.75) is 16.7 Å². The maximum absolute atomic E-state index is 12.4. The van der Waals surface area contributed by atoms with Crippen LogP contribution in [0.5, 0.6) is 5.75 Å². The van der Waals surface area contributed by atoms with Gasteiger partial charge in [-0.1, -0.05) is 12.1 Å². The van der Waals surface area contributed by atoms with Crippen LogP contribution in [0.25, 0.3) is 10.8 Å². The number of hydrogen-bond acceptors (Lipinski definition) is 15. The summed E-state index contributed by atoms with van der Waals surface area (Å²) in [7, 11) is -10.1. The van der Waals surface area contributed by atoms with Gasteiger partial charge in [0.15, 0.2) is 5.75 Å². The number of fused-ring (bicyclic) bond motifs is 1. The number of aliphatic hydroxyl groups is 2. The quantitative estimate of drug-likeness (QED) is 0.0837. The molecule has 0 saturated carbocycles. The second-order valence-electron chi connectivity index (χ2n) is 9.24. The Morgan fingerprint density at radius 1 is 0.956 bits per heavy atom. The number of aliphatic hydroxyl groups excluding tert-OH is 2. The van der Waals surface area contributed by atoms with Crippen LogP contribution >= 0.6 is 0 Å². The van der Waals surface area contributed by atoms with Crippen LogP contribution in [-0.4, -0.2) is 88.4 Å². The standard InChI is InChI=1S/C25H26N8O10S2/c1-13-27-24(30-25(28-13)33(6-8-34)7-9-35)29-18-12-15(44(38,39)40)10-14-11-19(45(41,42)43)21(22(36)20(14)18)32-31-17-5-3-2-4-16(17)23(26)37/h2-5,10-12,34-36H,6-9H2,1H3,(H2,26,37)(H,38,39,40)(H,41,42,43)(H,27,28,29,30). The third-order valence-corrected chi connectivity index (χ3v) is 7.83. The second-order valence-corrected chi connectivity index (χ2v) is 12.0. The number of hydrogen-bond donors (Lipinski definition) is 7. The number of carbonyl (C=O) groups excluding carboxylic acids is 1. The first-order chi connectivity index (χ1) is 21.1. The number of aromatic nitrogens is 3. The number of carbonyl (C=O) groups is 1. The number of amides is 1. The molecular formula is C25H26N8O10S2. The first kappa shape index (κ1) is 33.0. The molecule has 18 nitrogen and oxygen atoms in total. The molecule has 8 N–H and O–H groups in total. The molecule has 3 aromatic carbocycles. The summed E-state index contributed by atoms with van der Waals surface area (Å²) in [4.78, 5) is 24.1. The van der Waals surface area contributed by atoms with Gasteiger partial charge in [-0.2, -0.15) is 31.8 Å². The lowest BCUT2D eigenvalue weighted by molar-refractivity contribution is 0.100. The summed E-state index contributed by atoms with van der Waals surface area (Å²) in [6.45, 7) is 0.963. The van der Waals surface area contributed by atoms with E-state index in [0.29, 0.717) is 0 Å². The first-order valence-electron chi connectivity index (χ1n) is 12.7. The smallest absolute Gasteiger partial charge is 0.296 e. The SMILES string of the molecule is Cc1nc(Nc2cc(S(=O)(=O)O)cc3cc(S(=O)(=O)O)c(N=Nc4ccccc4C(N)=O)c(O)c23)nc(N(CCO)CCO)n1. The Balaban J connectivity index is 2.00. The molecule has 20 heteroatoms. The van der Waals surface area contributed by atoms with Gasteiger partial charge in [0.05, 0.1) is 35.0 Å². The number of azo groups is 1. The minimum absolute atomic E-state index is 0.0174. The van der Waals surface area contributed by atoms with Crippen LogP contribution in [0.1, 0.15) is 16.2 Å². The summed E-state index contributed by atoms with van der Waals surface area (Å²) in [5, 5.41) is 39.9. The average Bonchev–Trinajstić information content (AvgIpc) is 2.95. The second kappa shape index (κ2) is 13.0. The molecule has 45 heavy (non-hydrogen) atoms. The number of primary amides is 1. The number of phenolic OH excluding ortho intramolecular Hbond substituents is 1. The van der Waals surface area contributed by atoms with E-state index in [-0.39, 0.29) is 71.7 Å². The zero-order valence-corrected chi connectivity index (χ0v) is 24.9. The predicted molar refractivity (Wildman–Crippen MR) is 159 cm³/mol. The van der Waals surface area contributed by atoms with E-state index in [1.165, 1.54) is 36.1 Å². The molecule has 0 bridgehead atoms. The Labute approximate surface area is 255 Å². The van der Waals surface area contributed by atoms with Crippen LogP contribution in [0.4, 0.5) is 29.0 Å². The van der Waals surface area contributed by atoms with Crippen molar-refractivity contribution in [3.8, 4) is 5.75 Å². The van der Waals surface area contributed by atoms with E-state index in [0.717, 1.165) is 18.2 Å². The van der Waals surface area contributed by atoms with Crippen molar-refractivity contribution in [2.24, 2.45) is 16.0 Å². The molecule has 0 aliphatic rings. The van der Waals surface area contributed by atoms with Gasteiger partial charge < -0.3 is 31.3 Å². The normalized spacial score (nSPS) is 12.1. The van der Waals surface area contributed by atoms with Gasteiger partial charge >= 0.3 is 0 Å². The molecular weight excluding hydrogens is 636 g/mol.